The fourth-order valence-corrected chi connectivity index (χ4v) is 3.00. The number of hydrogen-bond donors (Lipinski definition) is 2. The normalized spacial score (nSPS) is 29.9. The van der Waals surface area contributed by atoms with E-state index in [1.165, 1.54) is 4.90 Å². The highest BCUT2D eigenvalue weighted by Gasteiger charge is 2.38. The minimum atomic E-state index is -0.951. The summed E-state index contributed by atoms with van der Waals surface area (Å²) in [7, 11) is 0. The zero-order chi connectivity index (χ0) is 13.4. The minimum absolute atomic E-state index is 0.0763. The first-order valence-corrected chi connectivity index (χ1v) is 6.52. The number of nitrogens with zero attached hydrogens (tertiary/aromatic N) is 1. The van der Waals surface area contributed by atoms with Gasteiger partial charge in [0.1, 0.15) is 6.04 Å². The summed E-state index contributed by atoms with van der Waals surface area (Å²) in [6.45, 7) is 0.863. The molecule has 0 saturated carbocycles. The largest absolute Gasteiger partial charge is 0.480 e. The van der Waals surface area contributed by atoms with Crippen molar-refractivity contribution in [1.29, 1.82) is 0 Å². The zero-order valence-electron chi connectivity index (χ0n) is 10.5. The highest BCUT2D eigenvalue weighted by atomic mass is 16.4. The second-order valence-corrected chi connectivity index (χ2v) is 5.04. The topological polar surface area (TPSA) is 69.6 Å². The number of carbonyl (C=O) groups excluding carboxylic acids is 1. The van der Waals surface area contributed by atoms with E-state index >= 15 is 0 Å². The van der Waals surface area contributed by atoms with Crippen LogP contribution in [-0.2, 0) is 9.59 Å². The summed E-state index contributed by atoms with van der Waals surface area (Å²) >= 11 is 0. The van der Waals surface area contributed by atoms with Gasteiger partial charge < -0.3 is 10.4 Å². The highest BCUT2D eigenvalue weighted by Crippen LogP contribution is 2.33. The molecule has 2 aliphatic heterocycles. The van der Waals surface area contributed by atoms with Gasteiger partial charge in [0.05, 0.1) is 0 Å². The Balaban J connectivity index is 2.08. The Morgan fingerprint density at radius 2 is 2.26 bits per heavy atom. The van der Waals surface area contributed by atoms with Gasteiger partial charge in [0.2, 0.25) is 5.91 Å². The van der Waals surface area contributed by atoms with Crippen molar-refractivity contribution >= 4 is 11.9 Å². The van der Waals surface area contributed by atoms with E-state index in [1.807, 2.05) is 18.2 Å². The van der Waals surface area contributed by atoms with Crippen LogP contribution in [0.2, 0.25) is 0 Å². The van der Waals surface area contributed by atoms with E-state index < -0.39 is 12.0 Å². The molecule has 5 heteroatoms. The van der Waals surface area contributed by atoms with E-state index in [9.17, 15) is 14.7 Å². The number of piperazine rings is 1. The number of hydrogen-bond acceptors (Lipinski definition) is 3. The van der Waals surface area contributed by atoms with Gasteiger partial charge in [-0.1, -0.05) is 24.3 Å². The lowest BCUT2D eigenvalue weighted by Crippen LogP contribution is -2.55. The van der Waals surface area contributed by atoms with Gasteiger partial charge in [-0.25, -0.2) is 4.79 Å². The second-order valence-electron chi connectivity index (χ2n) is 5.04. The third kappa shape index (κ3) is 2.00. The quantitative estimate of drug-likeness (QED) is 0.726. The molecular weight excluding hydrogens is 244 g/mol. The lowest BCUT2D eigenvalue weighted by Gasteiger charge is -2.36. The van der Waals surface area contributed by atoms with Crippen molar-refractivity contribution in [2.75, 3.05) is 13.1 Å². The summed E-state index contributed by atoms with van der Waals surface area (Å²) in [5.74, 6) is -0.802. The van der Waals surface area contributed by atoms with Gasteiger partial charge in [-0.05, 0) is 12.0 Å². The summed E-state index contributed by atoms with van der Waals surface area (Å²) in [6.07, 6.45) is 9.17. The van der Waals surface area contributed by atoms with Gasteiger partial charge in [-0.3, -0.25) is 9.69 Å². The molecule has 0 aromatic heterocycles. The summed E-state index contributed by atoms with van der Waals surface area (Å²) in [5.41, 5.74) is 1.90. The fourth-order valence-electron chi connectivity index (χ4n) is 3.00. The molecular formula is C14H16N2O3. The van der Waals surface area contributed by atoms with Crippen LogP contribution in [0.25, 0.3) is 0 Å². The molecule has 2 unspecified atom stereocenters. The standard InChI is InChI=1S/C14H16N2O3/c17-13-6-5-9-3-1-2-4-10(9)11-7-15-8-12(14(18)19)16(11)13/h1-4,9,12,15H,5-8H2,(H,18,19). The molecule has 1 fully saturated rings. The van der Waals surface area contributed by atoms with Gasteiger partial charge in [-0.15, -0.1) is 0 Å². The maximum atomic E-state index is 12.3. The van der Waals surface area contributed by atoms with Gasteiger partial charge in [0.15, 0.2) is 0 Å². The predicted molar refractivity (Wildman–Crippen MR) is 69.2 cm³/mol. The molecule has 3 aliphatic rings. The first-order valence-electron chi connectivity index (χ1n) is 6.52. The summed E-state index contributed by atoms with van der Waals surface area (Å²) in [5, 5.41) is 12.4. The maximum absolute atomic E-state index is 12.3. The fraction of sp³-hybridized carbons (Fsp3) is 0.429. The molecule has 1 aliphatic carbocycles. The number of amides is 1. The molecule has 2 atom stereocenters. The number of fused-ring (bicyclic) bond motifs is 2. The van der Waals surface area contributed by atoms with Crippen LogP contribution >= 0.6 is 0 Å². The lowest BCUT2D eigenvalue weighted by atomic mass is 9.89. The van der Waals surface area contributed by atoms with Crippen LogP contribution in [0, 0.1) is 5.92 Å². The number of aliphatic carboxylic acids is 1. The van der Waals surface area contributed by atoms with Crippen LogP contribution in [0.4, 0.5) is 0 Å². The van der Waals surface area contributed by atoms with Crippen molar-refractivity contribution in [3.63, 3.8) is 0 Å². The predicted octanol–water partition coefficient (Wildman–Crippen LogP) is 0.661. The first kappa shape index (κ1) is 12.2. The molecule has 0 radical (unpaired) electrons. The average Bonchev–Trinajstić information content (AvgIpc) is 2.57. The summed E-state index contributed by atoms with van der Waals surface area (Å²) in [6, 6.07) is -0.790. The lowest BCUT2D eigenvalue weighted by molar-refractivity contribution is -0.149. The number of carbonyl (C=O) groups is 2. The Bertz CT molecular complexity index is 519. The second kappa shape index (κ2) is 4.66. The average molecular weight is 260 g/mol. The SMILES string of the molecule is O=C(O)C1CNCC2=C3C=CC=CC3CCC(=O)N21. The van der Waals surface area contributed by atoms with Gasteiger partial charge >= 0.3 is 5.97 Å². The Labute approximate surface area is 111 Å². The molecule has 2 heterocycles. The molecule has 2 N–H and O–H groups in total. The van der Waals surface area contributed by atoms with Crippen LogP contribution in [0.1, 0.15) is 12.8 Å². The van der Waals surface area contributed by atoms with E-state index in [4.69, 9.17) is 0 Å². The van der Waals surface area contributed by atoms with Crippen molar-refractivity contribution < 1.29 is 14.7 Å². The van der Waals surface area contributed by atoms with E-state index in [-0.39, 0.29) is 11.8 Å². The molecule has 0 aromatic carbocycles. The zero-order valence-corrected chi connectivity index (χ0v) is 10.5. The molecule has 0 aromatic rings. The van der Waals surface area contributed by atoms with E-state index in [0.29, 0.717) is 19.5 Å². The third-order valence-corrected chi connectivity index (χ3v) is 3.92. The third-order valence-electron chi connectivity index (χ3n) is 3.92. The Morgan fingerprint density at radius 3 is 3.05 bits per heavy atom. The Morgan fingerprint density at radius 1 is 1.42 bits per heavy atom. The van der Waals surface area contributed by atoms with E-state index in [1.54, 1.807) is 0 Å². The summed E-state index contributed by atoms with van der Waals surface area (Å²) < 4.78 is 0. The number of rotatable bonds is 1. The molecule has 19 heavy (non-hydrogen) atoms. The monoisotopic (exact) mass is 260 g/mol. The molecule has 1 saturated heterocycles. The van der Waals surface area contributed by atoms with Crippen LogP contribution in [0.15, 0.2) is 35.6 Å². The van der Waals surface area contributed by atoms with Crippen molar-refractivity contribution in [3.05, 3.63) is 35.6 Å². The van der Waals surface area contributed by atoms with Crippen LogP contribution in [0.3, 0.4) is 0 Å². The molecule has 5 nitrogen and oxygen atoms in total. The highest BCUT2D eigenvalue weighted by molar-refractivity contribution is 5.86. The van der Waals surface area contributed by atoms with Crippen molar-refractivity contribution in [2.24, 2.45) is 5.92 Å². The number of nitrogens with one attached hydrogen (secondary N) is 1. The van der Waals surface area contributed by atoms with E-state index in [0.717, 1.165) is 17.7 Å². The number of carboxylic acids is 1. The molecule has 0 bridgehead atoms. The van der Waals surface area contributed by atoms with Crippen molar-refractivity contribution in [3.8, 4) is 0 Å². The van der Waals surface area contributed by atoms with Crippen molar-refractivity contribution in [1.82, 2.24) is 10.2 Å². The molecule has 100 valence electrons. The maximum Gasteiger partial charge on any atom is 0.328 e. The Kier molecular flexibility index (Phi) is 2.98. The Hall–Kier alpha value is -1.88. The first-order chi connectivity index (χ1) is 9.18. The van der Waals surface area contributed by atoms with Crippen LogP contribution in [-0.4, -0.2) is 41.0 Å². The number of carboxylic acid groups (broad SMARTS) is 1. The smallest absolute Gasteiger partial charge is 0.328 e. The van der Waals surface area contributed by atoms with Gasteiger partial charge in [0.25, 0.3) is 0 Å². The number of allylic oxidation sites excluding steroid dienone is 5. The van der Waals surface area contributed by atoms with Crippen molar-refractivity contribution in [2.45, 2.75) is 18.9 Å². The van der Waals surface area contributed by atoms with Gasteiger partial charge in [-0.2, -0.15) is 0 Å². The van der Waals surface area contributed by atoms with Crippen LogP contribution < -0.4 is 5.32 Å². The van der Waals surface area contributed by atoms with Crippen LogP contribution in [0.5, 0.6) is 0 Å². The molecule has 0 spiro atoms. The molecule has 1 amide bonds. The minimum Gasteiger partial charge on any atom is -0.480 e. The van der Waals surface area contributed by atoms with E-state index in [2.05, 4.69) is 11.4 Å². The molecule has 3 rings (SSSR count). The summed E-state index contributed by atoms with van der Waals surface area (Å²) in [4.78, 5) is 25.1. The van der Waals surface area contributed by atoms with Gasteiger partial charge in [0, 0.05) is 31.1 Å².